The van der Waals surface area contributed by atoms with Crippen molar-refractivity contribution in [2.75, 3.05) is 6.61 Å². The minimum atomic E-state index is -0.739. The number of carboxylic acid groups (broad SMARTS) is 1. The fourth-order valence-corrected chi connectivity index (χ4v) is 1.29. The van der Waals surface area contributed by atoms with Crippen molar-refractivity contribution in [1.82, 2.24) is 0 Å². The van der Waals surface area contributed by atoms with E-state index in [2.05, 4.69) is 6.92 Å². The fourth-order valence-electron chi connectivity index (χ4n) is 1.29. The normalized spacial score (nSPS) is 13.6. The first kappa shape index (κ1) is 16.4. The van der Waals surface area contributed by atoms with Gasteiger partial charge in [-0.2, -0.15) is 0 Å². The minimum Gasteiger partial charge on any atom is -0.481 e. The van der Waals surface area contributed by atoms with E-state index in [4.69, 9.17) is 14.9 Å². The first-order valence-corrected chi connectivity index (χ1v) is 6.46. The number of unbranched alkanes of at least 4 members (excludes halogenated alkanes) is 1. The highest BCUT2D eigenvalue weighted by atomic mass is 17.2. The molecular formula is C13H26O4. The summed E-state index contributed by atoms with van der Waals surface area (Å²) < 4.78 is 0. The molecule has 0 radical (unpaired) electrons. The summed E-state index contributed by atoms with van der Waals surface area (Å²) in [5, 5.41) is 9.01. The Morgan fingerprint density at radius 2 is 1.94 bits per heavy atom. The van der Waals surface area contributed by atoms with Crippen molar-refractivity contribution in [3.63, 3.8) is 0 Å². The van der Waals surface area contributed by atoms with Gasteiger partial charge in [-0.25, -0.2) is 9.78 Å². The molecule has 0 saturated heterocycles. The molecule has 0 spiro atoms. The molecule has 0 aliphatic heterocycles. The third kappa shape index (κ3) is 8.16. The molecule has 1 N–H and O–H groups in total. The molecule has 0 aliphatic rings. The predicted molar refractivity (Wildman–Crippen MR) is 66.7 cm³/mol. The summed E-state index contributed by atoms with van der Waals surface area (Å²) in [5.41, 5.74) is -0.303. The van der Waals surface area contributed by atoms with Gasteiger partial charge in [-0.15, -0.1) is 0 Å². The zero-order valence-electron chi connectivity index (χ0n) is 11.5. The Morgan fingerprint density at radius 1 is 1.29 bits per heavy atom. The van der Waals surface area contributed by atoms with E-state index in [0.29, 0.717) is 19.4 Å². The average Bonchev–Trinajstić information content (AvgIpc) is 2.27. The number of carbonyl (C=O) groups is 1. The summed E-state index contributed by atoms with van der Waals surface area (Å²) in [6.45, 7) is 8.30. The quantitative estimate of drug-likeness (QED) is 0.364. The lowest BCUT2D eigenvalue weighted by Crippen LogP contribution is -2.24. The zero-order chi connectivity index (χ0) is 13.3. The van der Waals surface area contributed by atoms with E-state index in [-0.39, 0.29) is 11.5 Å². The van der Waals surface area contributed by atoms with Crippen LogP contribution in [0.25, 0.3) is 0 Å². The van der Waals surface area contributed by atoms with Crippen molar-refractivity contribution in [2.24, 2.45) is 5.92 Å². The van der Waals surface area contributed by atoms with Crippen LogP contribution >= 0.6 is 0 Å². The summed E-state index contributed by atoms with van der Waals surface area (Å²) in [5.74, 6) is -1.06. The van der Waals surface area contributed by atoms with E-state index in [1.165, 1.54) is 0 Å². The van der Waals surface area contributed by atoms with Crippen LogP contribution in [0.1, 0.15) is 59.8 Å². The van der Waals surface area contributed by atoms with E-state index in [0.717, 1.165) is 19.3 Å². The molecule has 0 bridgehead atoms. The molecule has 0 fully saturated rings. The van der Waals surface area contributed by atoms with Gasteiger partial charge in [-0.05, 0) is 33.1 Å². The second kappa shape index (κ2) is 8.48. The van der Waals surface area contributed by atoms with Crippen LogP contribution < -0.4 is 0 Å². The van der Waals surface area contributed by atoms with Crippen LogP contribution in [0, 0.1) is 5.92 Å². The van der Waals surface area contributed by atoms with Crippen LogP contribution in [0.15, 0.2) is 0 Å². The molecule has 0 aromatic heterocycles. The molecule has 0 aromatic carbocycles. The van der Waals surface area contributed by atoms with Crippen molar-refractivity contribution in [3.8, 4) is 0 Å². The number of hydrogen-bond acceptors (Lipinski definition) is 3. The SMILES string of the molecule is CCCCC(CCOOC(C)(C)CC)C(=O)O. The highest BCUT2D eigenvalue weighted by molar-refractivity contribution is 5.69. The van der Waals surface area contributed by atoms with Crippen molar-refractivity contribution in [1.29, 1.82) is 0 Å². The van der Waals surface area contributed by atoms with Gasteiger partial charge in [-0.3, -0.25) is 4.79 Å². The Hall–Kier alpha value is -0.610. The van der Waals surface area contributed by atoms with Gasteiger partial charge in [0.05, 0.1) is 18.1 Å². The Morgan fingerprint density at radius 3 is 2.41 bits per heavy atom. The van der Waals surface area contributed by atoms with Gasteiger partial charge in [0.1, 0.15) is 0 Å². The number of carboxylic acids is 1. The Labute approximate surface area is 104 Å². The van der Waals surface area contributed by atoms with Gasteiger partial charge in [0.25, 0.3) is 0 Å². The van der Waals surface area contributed by atoms with Gasteiger partial charge in [0.15, 0.2) is 0 Å². The van der Waals surface area contributed by atoms with Crippen LogP contribution in [0.4, 0.5) is 0 Å². The summed E-state index contributed by atoms with van der Waals surface area (Å²) >= 11 is 0. The molecule has 4 nitrogen and oxygen atoms in total. The second-order valence-corrected chi connectivity index (χ2v) is 4.98. The van der Waals surface area contributed by atoms with E-state index in [1.54, 1.807) is 0 Å². The van der Waals surface area contributed by atoms with Gasteiger partial charge in [0, 0.05) is 0 Å². The third-order valence-corrected chi connectivity index (χ3v) is 2.94. The van der Waals surface area contributed by atoms with Crippen LogP contribution in [0.5, 0.6) is 0 Å². The average molecular weight is 246 g/mol. The smallest absolute Gasteiger partial charge is 0.306 e. The van der Waals surface area contributed by atoms with Crippen molar-refractivity contribution in [3.05, 3.63) is 0 Å². The maximum absolute atomic E-state index is 11.0. The van der Waals surface area contributed by atoms with Crippen molar-refractivity contribution >= 4 is 5.97 Å². The van der Waals surface area contributed by atoms with Crippen molar-refractivity contribution < 1.29 is 19.7 Å². The topological polar surface area (TPSA) is 55.8 Å². The lowest BCUT2D eigenvalue weighted by Gasteiger charge is -2.21. The lowest BCUT2D eigenvalue weighted by atomic mass is 9.99. The van der Waals surface area contributed by atoms with Gasteiger partial charge < -0.3 is 5.11 Å². The molecule has 1 unspecified atom stereocenters. The molecular weight excluding hydrogens is 220 g/mol. The van der Waals surface area contributed by atoms with Crippen LogP contribution in [-0.2, 0) is 14.6 Å². The highest BCUT2D eigenvalue weighted by Crippen LogP contribution is 2.16. The molecule has 0 aromatic rings. The molecule has 0 saturated carbocycles. The maximum Gasteiger partial charge on any atom is 0.306 e. The Balaban J connectivity index is 3.79. The number of rotatable bonds is 10. The molecule has 0 heterocycles. The van der Waals surface area contributed by atoms with Crippen LogP contribution in [0.3, 0.4) is 0 Å². The van der Waals surface area contributed by atoms with E-state index < -0.39 is 5.97 Å². The van der Waals surface area contributed by atoms with Crippen LogP contribution in [0.2, 0.25) is 0 Å². The van der Waals surface area contributed by atoms with Gasteiger partial charge in [0.2, 0.25) is 0 Å². The summed E-state index contributed by atoms with van der Waals surface area (Å²) in [7, 11) is 0. The molecule has 4 heteroatoms. The highest BCUT2D eigenvalue weighted by Gasteiger charge is 2.19. The maximum atomic E-state index is 11.0. The van der Waals surface area contributed by atoms with Crippen molar-refractivity contribution in [2.45, 2.75) is 65.4 Å². The predicted octanol–water partition coefficient (Wildman–Crippen LogP) is 3.40. The Bertz CT molecular complexity index is 213. The van der Waals surface area contributed by atoms with Gasteiger partial charge in [-0.1, -0.05) is 26.7 Å². The molecule has 17 heavy (non-hydrogen) atoms. The monoisotopic (exact) mass is 246 g/mol. The third-order valence-electron chi connectivity index (χ3n) is 2.94. The number of aliphatic carboxylic acids is 1. The van der Waals surface area contributed by atoms with E-state index in [1.807, 2.05) is 20.8 Å². The lowest BCUT2D eigenvalue weighted by molar-refractivity contribution is -0.354. The largest absolute Gasteiger partial charge is 0.481 e. The summed E-state index contributed by atoms with van der Waals surface area (Å²) in [6.07, 6.45) is 4.04. The van der Waals surface area contributed by atoms with E-state index in [9.17, 15) is 4.79 Å². The zero-order valence-corrected chi connectivity index (χ0v) is 11.5. The second-order valence-electron chi connectivity index (χ2n) is 4.98. The molecule has 102 valence electrons. The fraction of sp³-hybridized carbons (Fsp3) is 0.923. The van der Waals surface area contributed by atoms with Crippen LogP contribution in [-0.4, -0.2) is 23.3 Å². The summed E-state index contributed by atoms with van der Waals surface area (Å²) in [4.78, 5) is 21.3. The standard InChI is InChI=1S/C13H26O4/c1-5-7-8-11(12(14)15)9-10-16-17-13(3,4)6-2/h11H,5-10H2,1-4H3,(H,14,15). The molecule has 0 amide bonds. The number of hydrogen-bond donors (Lipinski definition) is 1. The molecule has 1 atom stereocenters. The minimum absolute atomic E-state index is 0.303. The molecule has 0 aliphatic carbocycles. The summed E-state index contributed by atoms with van der Waals surface area (Å²) in [6, 6.07) is 0. The first-order valence-electron chi connectivity index (χ1n) is 6.46. The van der Waals surface area contributed by atoms with Gasteiger partial charge >= 0.3 is 5.97 Å². The molecule has 0 rings (SSSR count). The Kier molecular flexibility index (Phi) is 8.17. The van der Waals surface area contributed by atoms with E-state index >= 15 is 0 Å². The first-order chi connectivity index (χ1) is 7.93.